The zero-order valence-corrected chi connectivity index (χ0v) is 14.5. The smallest absolute Gasteiger partial charge is 0.310 e. The number of amides is 1. The average Bonchev–Trinajstić information content (AvgIpc) is 2.58. The molecule has 0 fully saturated rings. The molecule has 9 heteroatoms. The van der Waals surface area contributed by atoms with Crippen molar-refractivity contribution in [3.05, 3.63) is 68.2 Å². The number of hydrogen-bond acceptors (Lipinski definition) is 5. The van der Waals surface area contributed by atoms with Gasteiger partial charge in [-0.3, -0.25) is 14.9 Å². The summed E-state index contributed by atoms with van der Waals surface area (Å²) in [4.78, 5) is 22.1. The summed E-state index contributed by atoms with van der Waals surface area (Å²) < 4.78 is 5.17. The summed E-state index contributed by atoms with van der Waals surface area (Å²) >= 11 is 11.9. The molecule has 0 aliphatic heterocycles. The van der Waals surface area contributed by atoms with E-state index in [9.17, 15) is 14.9 Å². The summed E-state index contributed by atoms with van der Waals surface area (Å²) in [7, 11) is 0. The highest BCUT2D eigenvalue weighted by Crippen LogP contribution is 2.25. The van der Waals surface area contributed by atoms with Crippen molar-refractivity contribution in [2.75, 3.05) is 6.61 Å². The van der Waals surface area contributed by atoms with Crippen molar-refractivity contribution in [3.63, 3.8) is 0 Å². The van der Waals surface area contributed by atoms with E-state index in [2.05, 4.69) is 10.5 Å². The van der Waals surface area contributed by atoms with Gasteiger partial charge in [0.1, 0.15) is 0 Å². The number of hydrazone groups is 1. The van der Waals surface area contributed by atoms with E-state index in [4.69, 9.17) is 27.9 Å². The Kier molecular flexibility index (Phi) is 6.32. The van der Waals surface area contributed by atoms with Crippen LogP contribution in [0, 0.1) is 10.1 Å². The summed E-state index contributed by atoms with van der Waals surface area (Å²) in [6, 6.07) is 10.7. The quantitative estimate of drug-likeness (QED) is 0.467. The van der Waals surface area contributed by atoms with Crippen LogP contribution in [0.5, 0.6) is 5.75 Å². The lowest BCUT2D eigenvalue weighted by molar-refractivity contribution is -0.385. The number of ether oxygens (including phenoxy) is 1. The Balaban J connectivity index is 1.98. The minimum absolute atomic E-state index is 0.00379. The van der Waals surface area contributed by atoms with Gasteiger partial charge in [-0.25, -0.2) is 5.43 Å². The molecule has 0 saturated carbocycles. The van der Waals surface area contributed by atoms with Crippen LogP contribution in [0.4, 0.5) is 5.69 Å². The maximum absolute atomic E-state index is 11.8. The number of rotatable bonds is 6. The minimum atomic E-state index is -0.585. The fraction of sp³-hybridized carbons (Fsp3) is 0.125. The Bertz CT molecular complexity index is 840. The highest BCUT2D eigenvalue weighted by molar-refractivity contribution is 6.37. The molecule has 0 heterocycles. The number of nitrogens with one attached hydrogen (secondary N) is 1. The fourth-order valence-electron chi connectivity index (χ4n) is 1.89. The number of para-hydroxylation sites is 2. The Labute approximate surface area is 153 Å². The first kappa shape index (κ1) is 18.7. The van der Waals surface area contributed by atoms with Gasteiger partial charge in [0.2, 0.25) is 0 Å². The van der Waals surface area contributed by atoms with Gasteiger partial charge in [0.25, 0.3) is 5.91 Å². The van der Waals surface area contributed by atoms with Crippen molar-refractivity contribution in [3.8, 4) is 5.75 Å². The minimum Gasteiger partial charge on any atom is -0.477 e. The van der Waals surface area contributed by atoms with Gasteiger partial charge in [-0.1, -0.05) is 41.4 Å². The first-order valence-corrected chi connectivity index (χ1v) is 7.79. The van der Waals surface area contributed by atoms with Gasteiger partial charge in [0.05, 0.1) is 15.7 Å². The van der Waals surface area contributed by atoms with E-state index in [0.29, 0.717) is 21.3 Å². The van der Waals surface area contributed by atoms with Gasteiger partial charge < -0.3 is 4.74 Å². The number of hydrogen-bond donors (Lipinski definition) is 1. The summed E-state index contributed by atoms with van der Waals surface area (Å²) in [6.07, 6.45) is 0. The number of nitro benzene ring substituents is 1. The Hall–Kier alpha value is -2.64. The van der Waals surface area contributed by atoms with E-state index < -0.39 is 17.4 Å². The molecule has 0 atom stereocenters. The number of nitro groups is 1. The Morgan fingerprint density at radius 2 is 2.00 bits per heavy atom. The van der Waals surface area contributed by atoms with E-state index in [0.717, 1.165) is 0 Å². The van der Waals surface area contributed by atoms with Crippen molar-refractivity contribution < 1.29 is 14.5 Å². The van der Waals surface area contributed by atoms with Gasteiger partial charge in [0.15, 0.2) is 12.4 Å². The summed E-state index contributed by atoms with van der Waals surface area (Å²) in [5.74, 6) is -0.563. The molecule has 7 nitrogen and oxygen atoms in total. The first-order chi connectivity index (χ1) is 11.9. The lowest BCUT2D eigenvalue weighted by Gasteiger charge is -2.07. The lowest BCUT2D eigenvalue weighted by Crippen LogP contribution is -2.25. The zero-order chi connectivity index (χ0) is 18.4. The van der Waals surface area contributed by atoms with Crippen LogP contribution in [0.3, 0.4) is 0 Å². The molecule has 0 spiro atoms. The highest BCUT2D eigenvalue weighted by atomic mass is 35.5. The topological polar surface area (TPSA) is 93.8 Å². The van der Waals surface area contributed by atoms with Crippen molar-refractivity contribution in [1.82, 2.24) is 5.43 Å². The highest BCUT2D eigenvalue weighted by Gasteiger charge is 2.14. The molecule has 25 heavy (non-hydrogen) atoms. The molecule has 0 saturated heterocycles. The molecule has 0 bridgehead atoms. The molecule has 0 unspecified atom stereocenters. The maximum atomic E-state index is 11.8. The second-order valence-electron chi connectivity index (χ2n) is 4.87. The van der Waals surface area contributed by atoms with Crippen molar-refractivity contribution in [2.24, 2.45) is 5.10 Å². The standard InChI is InChI=1S/C16H13Cl2N3O4/c1-10(12-7-6-11(17)8-13(12)18)19-20-16(22)9-25-15-5-3-2-4-14(15)21(23)24/h2-8H,9H2,1H3,(H,20,22)/b19-10-. The second-order valence-corrected chi connectivity index (χ2v) is 5.71. The fourth-order valence-corrected chi connectivity index (χ4v) is 2.44. The van der Waals surface area contributed by atoms with Crippen LogP contribution in [0.2, 0.25) is 10.0 Å². The molecular weight excluding hydrogens is 369 g/mol. The molecule has 0 aliphatic carbocycles. The summed E-state index contributed by atoms with van der Waals surface area (Å²) in [5, 5.41) is 15.7. The van der Waals surface area contributed by atoms with Crippen LogP contribution in [-0.4, -0.2) is 23.1 Å². The molecule has 2 rings (SSSR count). The van der Waals surface area contributed by atoms with Crippen molar-refractivity contribution in [1.29, 1.82) is 0 Å². The molecular formula is C16H13Cl2N3O4. The molecule has 1 N–H and O–H groups in total. The number of carbonyl (C=O) groups is 1. The second kappa shape index (κ2) is 8.46. The largest absolute Gasteiger partial charge is 0.477 e. The van der Waals surface area contributed by atoms with E-state index in [1.54, 1.807) is 31.2 Å². The summed E-state index contributed by atoms with van der Waals surface area (Å²) in [5.41, 5.74) is 3.17. The molecule has 2 aromatic rings. The van der Waals surface area contributed by atoms with Crippen LogP contribution in [0.25, 0.3) is 0 Å². The van der Waals surface area contributed by atoms with Crippen molar-refractivity contribution in [2.45, 2.75) is 6.92 Å². The third-order valence-corrected chi connectivity index (χ3v) is 3.64. The summed E-state index contributed by atoms with van der Waals surface area (Å²) in [6.45, 7) is 1.24. The molecule has 2 aromatic carbocycles. The molecule has 0 aliphatic rings. The van der Waals surface area contributed by atoms with Crippen LogP contribution in [0.1, 0.15) is 12.5 Å². The van der Waals surface area contributed by atoms with Crippen LogP contribution >= 0.6 is 23.2 Å². The lowest BCUT2D eigenvalue weighted by atomic mass is 10.1. The Morgan fingerprint density at radius 3 is 2.68 bits per heavy atom. The monoisotopic (exact) mass is 381 g/mol. The van der Waals surface area contributed by atoms with E-state index in [-0.39, 0.29) is 11.4 Å². The number of nitrogens with zero attached hydrogens (tertiary/aromatic N) is 2. The molecule has 0 aromatic heterocycles. The van der Waals surface area contributed by atoms with Crippen molar-refractivity contribution >= 4 is 40.5 Å². The van der Waals surface area contributed by atoms with E-state index in [1.165, 1.54) is 18.2 Å². The third kappa shape index (κ3) is 5.17. The van der Waals surface area contributed by atoms with E-state index in [1.807, 2.05) is 0 Å². The molecule has 1 amide bonds. The third-order valence-electron chi connectivity index (χ3n) is 3.09. The number of benzene rings is 2. The predicted molar refractivity (Wildman–Crippen MR) is 95.4 cm³/mol. The van der Waals surface area contributed by atoms with Crippen LogP contribution < -0.4 is 10.2 Å². The first-order valence-electron chi connectivity index (χ1n) is 7.03. The van der Waals surface area contributed by atoms with Crippen LogP contribution in [-0.2, 0) is 4.79 Å². The maximum Gasteiger partial charge on any atom is 0.310 e. The van der Waals surface area contributed by atoms with Gasteiger partial charge in [0, 0.05) is 16.7 Å². The average molecular weight is 382 g/mol. The number of halogens is 2. The van der Waals surface area contributed by atoms with Crippen LogP contribution in [0.15, 0.2) is 47.6 Å². The van der Waals surface area contributed by atoms with Gasteiger partial charge in [-0.2, -0.15) is 5.10 Å². The van der Waals surface area contributed by atoms with Gasteiger partial charge in [-0.15, -0.1) is 0 Å². The Morgan fingerprint density at radius 1 is 1.28 bits per heavy atom. The predicted octanol–water partition coefficient (Wildman–Crippen LogP) is 3.82. The SMILES string of the molecule is C/C(=N/NC(=O)COc1ccccc1[N+](=O)[O-])c1ccc(Cl)cc1Cl. The van der Waals surface area contributed by atoms with Gasteiger partial charge in [-0.05, 0) is 25.1 Å². The molecule has 0 radical (unpaired) electrons. The number of carbonyl (C=O) groups excluding carboxylic acids is 1. The molecule has 130 valence electrons. The van der Waals surface area contributed by atoms with Gasteiger partial charge >= 0.3 is 5.69 Å². The van der Waals surface area contributed by atoms with E-state index >= 15 is 0 Å². The normalized spacial score (nSPS) is 11.1. The zero-order valence-electron chi connectivity index (χ0n) is 13.0.